The van der Waals surface area contributed by atoms with E-state index in [0.29, 0.717) is 0 Å². The van der Waals surface area contributed by atoms with E-state index in [0.717, 1.165) is 0 Å². The molecule has 0 fully saturated rings. The zero-order valence-corrected chi connectivity index (χ0v) is 15.3. The number of fused-ring (bicyclic) bond motifs is 1. The van der Waals surface area contributed by atoms with Gasteiger partial charge >= 0.3 is 7.60 Å². The first-order chi connectivity index (χ1) is 10.9. The summed E-state index contributed by atoms with van der Waals surface area (Å²) in [6.45, 7) is 6.10. The molecule has 2 rings (SSSR count). The fraction of sp³-hybridized carbons (Fsp3) is 0.444. The summed E-state index contributed by atoms with van der Waals surface area (Å²) >= 11 is 0. The summed E-state index contributed by atoms with van der Waals surface area (Å²) in [7, 11) is -0.324. The Morgan fingerprint density at radius 3 is 2.17 bits per heavy atom. The summed E-state index contributed by atoms with van der Waals surface area (Å²) in [6.07, 6.45) is 0. The van der Waals surface area contributed by atoms with Crippen molar-refractivity contribution >= 4 is 18.4 Å². The minimum atomic E-state index is -3.19. The second-order valence-electron chi connectivity index (χ2n) is 6.05. The van der Waals surface area contributed by atoms with Crippen molar-refractivity contribution in [3.05, 3.63) is 48.0 Å². The summed E-state index contributed by atoms with van der Waals surface area (Å²) in [5, 5.41) is 5.85. The first-order valence-corrected chi connectivity index (χ1v) is 9.49. The molecule has 0 aliphatic heterocycles. The Labute approximate surface area is 138 Å². The molecule has 2 aromatic carbocycles. The molecule has 0 aromatic heterocycles. The number of hydrogen-bond donors (Lipinski definition) is 1. The molecule has 0 saturated heterocycles. The van der Waals surface area contributed by atoms with Gasteiger partial charge in [-0.25, -0.2) is 0 Å². The third kappa shape index (κ3) is 3.84. The van der Waals surface area contributed by atoms with E-state index in [1.807, 2.05) is 32.0 Å². The molecule has 0 saturated carbocycles. The third-order valence-electron chi connectivity index (χ3n) is 4.19. The van der Waals surface area contributed by atoms with Gasteiger partial charge in [-0.2, -0.15) is 0 Å². The lowest BCUT2D eigenvalue weighted by molar-refractivity contribution is 0.243. The van der Waals surface area contributed by atoms with Gasteiger partial charge in [-0.3, -0.25) is 9.88 Å². The zero-order chi connectivity index (χ0) is 17.0. The molecule has 0 aliphatic rings. The van der Waals surface area contributed by atoms with E-state index in [9.17, 15) is 4.57 Å². The molecule has 0 bridgehead atoms. The third-order valence-corrected chi connectivity index (χ3v) is 6.64. The summed E-state index contributed by atoms with van der Waals surface area (Å²) in [5.74, 6) is -0.260. The molecule has 2 atom stereocenters. The van der Waals surface area contributed by atoms with Crippen molar-refractivity contribution in [2.45, 2.75) is 32.6 Å². The van der Waals surface area contributed by atoms with Crippen LogP contribution in [0.5, 0.6) is 0 Å². The lowest BCUT2D eigenvalue weighted by Gasteiger charge is -2.31. The minimum Gasteiger partial charge on any atom is -0.311 e. The van der Waals surface area contributed by atoms with Crippen molar-refractivity contribution in [2.24, 2.45) is 5.92 Å². The Morgan fingerprint density at radius 2 is 1.57 bits per heavy atom. The number of benzene rings is 2. The molecule has 23 heavy (non-hydrogen) atoms. The SMILES string of the molecule is COP(=O)(OC)[C@@H](N[C@@H](C)c1cccc2ccccc12)C(C)C. The molecule has 4 nitrogen and oxygen atoms in total. The maximum atomic E-state index is 12.8. The van der Waals surface area contributed by atoms with Gasteiger partial charge in [-0.15, -0.1) is 0 Å². The van der Waals surface area contributed by atoms with Crippen molar-refractivity contribution in [3.8, 4) is 0 Å². The fourth-order valence-electron chi connectivity index (χ4n) is 2.92. The average Bonchev–Trinajstić information content (AvgIpc) is 2.58. The van der Waals surface area contributed by atoms with Crippen LogP contribution >= 0.6 is 7.60 Å². The first kappa shape index (κ1) is 18.2. The van der Waals surface area contributed by atoms with Gasteiger partial charge in [0, 0.05) is 20.3 Å². The smallest absolute Gasteiger partial charge is 0.311 e. The van der Waals surface area contributed by atoms with Crippen LogP contribution in [0.25, 0.3) is 10.8 Å². The Bertz CT molecular complexity index is 688. The minimum absolute atomic E-state index is 0.0205. The van der Waals surface area contributed by atoms with Crippen molar-refractivity contribution in [3.63, 3.8) is 0 Å². The van der Waals surface area contributed by atoms with Crippen LogP contribution in [0.2, 0.25) is 0 Å². The second kappa shape index (κ2) is 7.59. The van der Waals surface area contributed by atoms with Crippen LogP contribution in [0, 0.1) is 5.92 Å². The monoisotopic (exact) mass is 335 g/mol. The standard InChI is InChI=1S/C18H26NO3P/c1-13(2)18(23(20,21-4)22-5)19-14(3)16-12-8-10-15-9-6-7-11-17(15)16/h6-14,18-19H,1-5H3/t14-,18+/m0/s1. The molecule has 126 valence electrons. The van der Waals surface area contributed by atoms with Gasteiger partial charge in [0.25, 0.3) is 0 Å². The molecule has 0 heterocycles. The van der Waals surface area contributed by atoms with Crippen LogP contribution < -0.4 is 5.32 Å². The van der Waals surface area contributed by atoms with Gasteiger partial charge in [0.2, 0.25) is 0 Å². The van der Waals surface area contributed by atoms with Crippen molar-refractivity contribution in [1.82, 2.24) is 5.32 Å². The van der Waals surface area contributed by atoms with Gasteiger partial charge in [0.05, 0.1) is 0 Å². The molecule has 0 unspecified atom stereocenters. The predicted molar refractivity (Wildman–Crippen MR) is 95.7 cm³/mol. The summed E-state index contributed by atoms with van der Waals surface area (Å²) in [6, 6.07) is 14.5. The summed E-state index contributed by atoms with van der Waals surface area (Å²) in [5.41, 5.74) is 1.17. The van der Waals surface area contributed by atoms with Gasteiger partial charge in [0.15, 0.2) is 0 Å². The van der Waals surface area contributed by atoms with E-state index in [1.54, 1.807) is 0 Å². The number of rotatable bonds is 7. The second-order valence-corrected chi connectivity index (χ2v) is 8.42. The number of hydrogen-bond acceptors (Lipinski definition) is 4. The Balaban J connectivity index is 2.35. The topological polar surface area (TPSA) is 47.6 Å². The van der Waals surface area contributed by atoms with E-state index in [2.05, 4.69) is 36.5 Å². The van der Waals surface area contributed by atoms with Crippen molar-refractivity contribution in [2.75, 3.05) is 14.2 Å². The molecular weight excluding hydrogens is 309 g/mol. The van der Waals surface area contributed by atoms with Crippen LogP contribution in [0.1, 0.15) is 32.4 Å². The van der Waals surface area contributed by atoms with E-state index < -0.39 is 7.60 Å². The maximum Gasteiger partial charge on any atom is 0.347 e. The van der Waals surface area contributed by atoms with Crippen LogP contribution in [0.3, 0.4) is 0 Å². The van der Waals surface area contributed by atoms with E-state index in [-0.39, 0.29) is 17.7 Å². The molecule has 0 amide bonds. The van der Waals surface area contributed by atoms with Crippen LogP contribution in [0.4, 0.5) is 0 Å². The van der Waals surface area contributed by atoms with E-state index >= 15 is 0 Å². The lowest BCUT2D eigenvalue weighted by Crippen LogP contribution is -2.36. The fourth-order valence-corrected chi connectivity index (χ4v) is 4.66. The summed E-state index contributed by atoms with van der Waals surface area (Å²) < 4.78 is 23.2. The van der Waals surface area contributed by atoms with Gasteiger partial charge < -0.3 is 9.05 Å². The molecule has 0 radical (unpaired) electrons. The molecule has 0 aliphatic carbocycles. The molecule has 1 N–H and O–H groups in total. The molecule has 2 aromatic rings. The highest BCUT2D eigenvalue weighted by atomic mass is 31.2. The predicted octanol–water partition coefficient (Wildman–Crippen LogP) is 4.96. The van der Waals surface area contributed by atoms with Gasteiger partial charge in [-0.05, 0) is 29.2 Å². The van der Waals surface area contributed by atoms with E-state index in [1.165, 1.54) is 30.6 Å². The van der Waals surface area contributed by atoms with E-state index in [4.69, 9.17) is 9.05 Å². The largest absolute Gasteiger partial charge is 0.347 e. The normalized spacial score (nSPS) is 15.0. The Morgan fingerprint density at radius 1 is 0.957 bits per heavy atom. The van der Waals surface area contributed by atoms with Gasteiger partial charge in [0.1, 0.15) is 5.78 Å². The van der Waals surface area contributed by atoms with Crippen molar-refractivity contribution < 1.29 is 13.6 Å². The number of nitrogens with one attached hydrogen (secondary N) is 1. The van der Waals surface area contributed by atoms with Crippen molar-refractivity contribution in [1.29, 1.82) is 0 Å². The van der Waals surface area contributed by atoms with Crippen LogP contribution in [0.15, 0.2) is 42.5 Å². The zero-order valence-electron chi connectivity index (χ0n) is 14.4. The Hall–Kier alpha value is -1.19. The summed E-state index contributed by atoms with van der Waals surface area (Å²) in [4.78, 5) is 0. The Kier molecular flexibility index (Phi) is 5.99. The van der Waals surface area contributed by atoms with Crippen LogP contribution in [-0.4, -0.2) is 20.0 Å². The molecular formula is C18H26NO3P. The highest BCUT2D eigenvalue weighted by Gasteiger charge is 2.37. The van der Waals surface area contributed by atoms with Crippen LogP contribution in [-0.2, 0) is 13.6 Å². The average molecular weight is 335 g/mol. The lowest BCUT2D eigenvalue weighted by atomic mass is 9.99. The molecule has 5 heteroatoms. The maximum absolute atomic E-state index is 12.8. The molecule has 0 spiro atoms. The first-order valence-electron chi connectivity index (χ1n) is 7.88. The van der Waals surface area contributed by atoms with Gasteiger partial charge in [-0.1, -0.05) is 56.3 Å². The quantitative estimate of drug-likeness (QED) is 0.727. The highest BCUT2D eigenvalue weighted by molar-refractivity contribution is 7.54. The highest BCUT2D eigenvalue weighted by Crippen LogP contribution is 2.53.